The van der Waals surface area contributed by atoms with E-state index in [1.54, 1.807) is 0 Å². The van der Waals surface area contributed by atoms with Gasteiger partial charge >= 0.3 is 5.97 Å². The molecule has 1 fully saturated rings. The first kappa shape index (κ1) is 20.7. The number of nitrogens with zero attached hydrogens (tertiary/aromatic N) is 1. The van der Waals surface area contributed by atoms with Gasteiger partial charge < -0.3 is 4.74 Å². The van der Waals surface area contributed by atoms with E-state index in [9.17, 15) is 4.79 Å². The summed E-state index contributed by atoms with van der Waals surface area (Å²) >= 11 is 0. The number of rotatable bonds is 1. The molecule has 0 aromatic heterocycles. The van der Waals surface area contributed by atoms with Gasteiger partial charge in [0, 0.05) is 24.3 Å². The van der Waals surface area contributed by atoms with Gasteiger partial charge in [-0.25, -0.2) is 0 Å². The summed E-state index contributed by atoms with van der Waals surface area (Å²) < 4.78 is 5.36. The van der Waals surface area contributed by atoms with Crippen molar-refractivity contribution in [1.82, 2.24) is 5.43 Å². The third kappa shape index (κ3) is 6.20. The second kappa shape index (κ2) is 11.3. The normalized spacial score (nSPS) is 23.9. The average molecular weight is 310 g/mol. The Bertz CT molecular complexity index is 400. The number of hydrazone groups is 1. The van der Waals surface area contributed by atoms with Gasteiger partial charge in [-0.05, 0) is 51.5 Å². The molecule has 4 nitrogen and oxygen atoms in total. The monoisotopic (exact) mass is 310 g/mol. The lowest BCUT2D eigenvalue weighted by Gasteiger charge is -2.30. The molecule has 0 saturated heterocycles. The van der Waals surface area contributed by atoms with E-state index in [0.717, 1.165) is 32.1 Å². The fourth-order valence-electron chi connectivity index (χ4n) is 2.94. The van der Waals surface area contributed by atoms with Gasteiger partial charge in [0.15, 0.2) is 0 Å². The molecule has 1 heterocycles. The number of fused-ring (bicyclic) bond motifs is 1. The Labute approximate surface area is 136 Å². The zero-order chi connectivity index (χ0) is 17.1. The smallest absolute Gasteiger partial charge is 0.302 e. The maximum absolute atomic E-state index is 11.0. The number of allylic oxidation sites excluding steroid dienone is 2. The van der Waals surface area contributed by atoms with Crippen LogP contribution in [-0.2, 0) is 9.53 Å². The molecule has 0 bridgehead atoms. The number of hydrogen-bond acceptors (Lipinski definition) is 4. The van der Waals surface area contributed by atoms with Crippen LogP contribution in [0.2, 0.25) is 0 Å². The van der Waals surface area contributed by atoms with E-state index < -0.39 is 0 Å². The summed E-state index contributed by atoms with van der Waals surface area (Å²) in [6, 6.07) is 0. The van der Waals surface area contributed by atoms with Crippen molar-refractivity contribution in [2.24, 2.45) is 11.0 Å². The first-order valence-electron chi connectivity index (χ1n) is 8.75. The van der Waals surface area contributed by atoms with Crippen molar-refractivity contribution in [3.05, 3.63) is 11.3 Å². The summed E-state index contributed by atoms with van der Waals surface area (Å²) in [5, 5.41) is 4.36. The van der Waals surface area contributed by atoms with E-state index in [1.165, 1.54) is 23.9 Å². The van der Waals surface area contributed by atoms with E-state index >= 15 is 0 Å². The van der Waals surface area contributed by atoms with Gasteiger partial charge in [-0.2, -0.15) is 5.10 Å². The summed E-state index contributed by atoms with van der Waals surface area (Å²) in [5.41, 5.74) is 6.90. The highest BCUT2D eigenvalue weighted by atomic mass is 16.5. The van der Waals surface area contributed by atoms with Crippen molar-refractivity contribution < 1.29 is 9.53 Å². The summed E-state index contributed by atoms with van der Waals surface area (Å²) in [4.78, 5) is 11.0. The topological polar surface area (TPSA) is 50.7 Å². The largest absolute Gasteiger partial charge is 0.463 e. The Morgan fingerprint density at radius 3 is 2.36 bits per heavy atom. The lowest BCUT2D eigenvalue weighted by atomic mass is 9.81. The van der Waals surface area contributed by atoms with Gasteiger partial charge in [0.1, 0.15) is 6.10 Å². The molecular formula is C18H34N2O2. The van der Waals surface area contributed by atoms with Crippen LogP contribution in [0.4, 0.5) is 0 Å². The van der Waals surface area contributed by atoms with E-state index in [0.29, 0.717) is 5.92 Å². The van der Waals surface area contributed by atoms with E-state index in [-0.39, 0.29) is 12.1 Å². The van der Waals surface area contributed by atoms with E-state index in [2.05, 4.69) is 24.4 Å². The molecule has 1 aliphatic heterocycles. The molecule has 0 aromatic rings. The zero-order valence-electron chi connectivity index (χ0n) is 15.5. The fourth-order valence-corrected chi connectivity index (χ4v) is 2.94. The van der Waals surface area contributed by atoms with Gasteiger partial charge in [0.2, 0.25) is 0 Å². The van der Waals surface area contributed by atoms with Crippen molar-refractivity contribution in [1.29, 1.82) is 0 Å². The van der Waals surface area contributed by atoms with E-state index in [4.69, 9.17) is 4.74 Å². The van der Waals surface area contributed by atoms with Crippen molar-refractivity contribution in [3.63, 3.8) is 0 Å². The molecule has 1 N–H and O–H groups in total. The van der Waals surface area contributed by atoms with Crippen molar-refractivity contribution in [2.75, 3.05) is 0 Å². The molecule has 4 heteroatoms. The molecule has 0 aromatic carbocycles. The van der Waals surface area contributed by atoms with Crippen LogP contribution in [0.1, 0.15) is 80.6 Å². The fraction of sp³-hybridized carbons (Fsp3) is 0.778. The molecular weight excluding hydrogens is 276 g/mol. The molecule has 0 radical (unpaired) electrons. The lowest BCUT2D eigenvalue weighted by molar-refractivity contribution is -0.147. The predicted octanol–water partition coefficient (Wildman–Crippen LogP) is 4.80. The van der Waals surface area contributed by atoms with Gasteiger partial charge in [-0.3, -0.25) is 10.2 Å². The third-order valence-corrected chi connectivity index (χ3v) is 3.89. The zero-order valence-corrected chi connectivity index (χ0v) is 15.5. The highest BCUT2D eigenvalue weighted by molar-refractivity contribution is 5.87. The molecule has 2 unspecified atom stereocenters. The number of esters is 1. The molecule has 128 valence electrons. The maximum atomic E-state index is 11.0. The Morgan fingerprint density at radius 2 is 1.77 bits per heavy atom. The minimum Gasteiger partial charge on any atom is -0.463 e. The van der Waals surface area contributed by atoms with Crippen LogP contribution in [0.25, 0.3) is 0 Å². The van der Waals surface area contributed by atoms with Crippen LogP contribution in [0, 0.1) is 5.92 Å². The number of nitrogens with one attached hydrogen (secondary N) is 1. The lowest BCUT2D eigenvalue weighted by Crippen LogP contribution is -2.29. The Hall–Kier alpha value is -1.32. The van der Waals surface area contributed by atoms with Gasteiger partial charge in [-0.15, -0.1) is 0 Å². The SMILES string of the molecule is CC.CC.CC(=O)OC1CCCC2C(C)=NNC(C)=C2CC1. The molecule has 0 amide bonds. The molecule has 22 heavy (non-hydrogen) atoms. The van der Waals surface area contributed by atoms with Crippen LogP contribution in [0.3, 0.4) is 0 Å². The molecule has 2 atom stereocenters. The molecule has 1 saturated carbocycles. The van der Waals surface area contributed by atoms with Crippen molar-refractivity contribution in [2.45, 2.75) is 86.7 Å². The second-order valence-corrected chi connectivity index (χ2v) is 5.27. The van der Waals surface area contributed by atoms with Crippen LogP contribution >= 0.6 is 0 Å². The summed E-state index contributed by atoms with van der Waals surface area (Å²) in [5.74, 6) is 0.326. The Morgan fingerprint density at radius 1 is 1.14 bits per heavy atom. The Kier molecular flexibility index (Phi) is 10.6. The average Bonchev–Trinajstić information content (AvgIpc) is 2.50. The first-order chi connectivity index (χ1) is 10.6. The van der Waals surface area contributed by atoms with Crippen molar-refractivity contribution in [3.8, 4) is 0 Å². The minimum absolute atomic E-state index is 0.0860. The maximum Gasteiger partial charge on any atom is 0.302 e. The van der Waals surface area contributed by atoms with Crippen LogP contribution in [-0.4, -0.2) is 17.8 Å². The standard InChI is InChI=1S/C14H22N2O2.2C2H6/c1-9-13-6-4-5-12(18-11(3)17)7-8-14(13)10(2)16-15-9;2*1-2/h12-13,16H,4-8H2,1-3H3;2*1-2H3. The molecule has 2 rings (SSSR count). The number of carbonyl (C=O) groups is 1. The number of ether oxygens (including phenoxy) is 1. The molecule has 1 aliphatic carbocycles. The predicted molar refractivity (Wildman–Crippen MR) is 93.8 cm³/mol. The first-order valence-corrected chi connectivity index (χ1v) is 8.75. The number of hydrogen-bond donors (Lipinski definition) is 1. The van der Waals surface area contributed by atoms with Gasteiger partial charge in [0.25, 0.3) is 0 Å². The second-order valence-electron chi connectivity index (χ2n) is 5.27. The molecule has 2 aliphatic rings. The quantitative estimate of drug-likeness (QED) is 0.707. The summed E-state index contributed by atoms with van der Waals surface area (Å²) in [7, 11) is 0. The van der Waals surface area contributed by atoms with Crippen LogP contribution < -0.4 is 5.43 Å². The van der Waals surface area contributed by atoms with Crippen molar-refractivity contribution >= 4 is 11.7 Å². The Balaban J connectivity index is 0.00000102. The summed E-state index contributed by atoms with van der Waals surface area (Å²) in [6.45, 7) is 13.7. The highest BCUT2D eigenvalue weighted by Crippen LogP contribution is 2.32. The highest BCUT2D eigenvalue weighted by Gasteiger charge is 2.27. The minimum atomic E-state index is -0.165. The van der Waals surface area contributed by atoms with Gasteiger partial charge in [0.05, 0.1) is 0 Å². The summed E-state index contributed by atoms with van der Waals surface area (Å²) in [6.07, 6.45) is 5.19. The van der Waals surface area contributed by atoms with Gasteiger partial charge in [-0.1, -0.05) is 27.7 Å². The van der Waals surface area contributed by atoms with E-state index in [1.807, 2.05) is 27.7 Å². The van der Waals surface area contributed by atoms with Crippen LogP contribution in [0.5, 0.6) is 0 Å². The van der Waals surface area contributed by atoms with Crippen LogP contribution in [0.15, 0.2) is 16.4 Å². The molecule has 0 spiro atoms. The third-order valence-electron chi connectivity index (χ3n) is 3.89. The number of carbonyl (C=O) groups excluding carboxylic acids is 1.